The van der Waals surface area contributed by atoms with Crippen LogP contribution in [0.2, 0.25) is 0 Å². The maximum atomic E-state index is 11.1. The first-order valence-corrected chi connectivity index (χ1v) is 5.15. The lowest BCUT2D eigenvalue weighted by Gasteiger charge is -2.09. The van der Waals surface area contributed by atoms with Crippen molar-refractivity contribution in [2.75, 3.05) is 6.54 Å². The predicted molar refractivity (Wildman–Crippen MR) is 76.2 cm³/mol. The van der Waals surface area contributed by atoms with Gasteiger partial charge >= 0.3 is 0 Å². The molecule has 7 heteroatoms. The summed E-state index contributed by atoms with van der Waals surface area (Å²) in [5.41, 5.74) is 7.09. The van der Waals surface area contributed by atoms with Crippen LogP contribution in [0.4, 0.5) is 0 Å². The number of nitrogens with one attached hydrogen (secondary N) is 2. The van der Waals surface area contributed by atoms with E-state index in [1.54, 1.807) is 0 Å². The Kier molecular flexibility index (Phi) is 6.68. The smallest absolute Gasteiger partial charge is 0.234 e. The van der Waals surface area contributed by atoms with Gasteiger partial charge in [0.1, 0.15) is 5.82 Å². The van der Waals surface area contributed by atoms with Crippen LogP contribution in [0.15, 0.2) is 24.3 Å². The average Bonchev–Trinajstić information content (AvgIpc) is 2.72. The maximum absolute atomic E-state index is 11.1. The van der Waals surface area contributed by atoms with Crippen molar-refractivity contribution in [3.63, 3.8) is 0 Å². The fourth-order valence-corrected chi connectivity index (χ4v) is 1.55. The third-order valence-electron chi connectivity index (χ3n) is 2.38. The van der Waals surface area contributed by atoms with E-state index < -0.39 is 0 Å². The Hall–Kier alpha value is -1.30. The number of carbonyl (C=O) groups excluding carboxylic acids is 1. The van der Waals surface area contributed by atoms with Crippen molar-refractivity contribution in [1.82, 2.24) is 15.3 Å². The number of para-hydroxylation sites is 2. The maximum Gasteiger partial charge on any atom is 0.234 e. The molecular weight excluding hydrogens is 275 g/mol. The van der Waals surface area contributed by atoms with Crippen LogP contribution in [0.5, 0.6) is 0 Å². The van der Waals surface area contributed by atoms with Crippen molar-refractivity contribution in [3.05, 3.63) is 30.1 Å². The summed E-state index contributed by atoms with van der Waals surface area (Å²) >= 11 is 0. The van der Waals surface area contributed by atoms with Crippen molar-refractivity contribution < 1.29 is 4.79 Å². The number of aromatic nitrogens is 2. The second-order valence-corrected chi connectivity index (χ2v) is 3.63. The lowest BCUT2D eigenvalue weighted by Crippen LogP contribution is -2.32. The number of nitrogens with two attached hydrogens (primary N) is 1. The summed E-state index contributed by atoms with van der Waals surface area (Å²) in [7, 11) is 0. The van der Waals surface area contributed by atoms with Crippen LogP contribution in [0.3, 0.4) is 0 Å². The SMILES string of the molecule is CC(NC(=O)CN)c1nc2ccccc2[nH]1.Cl.Cl. The van der Waals surface area contributed by atoms with E-state index in [4.69, 9.17) is 5.73 Å². The molecule has 1 atom stereocenters. The highest BCUT2D eigenvalue weighted by Gasteiger charge is 2.12. The van der Waals surface area contributed by atoms with E-state index >= 15 is 0 Å². The lowest BCUT2D eigenvalue weighted by molar-refractivity contribution is -0.120. The zero-order chi connectivity index (χ0) is 11.5. The topological polar surface area (TPSA) is 83.8 Å². The van der Waals surface area contributed by atoms with Gasteiger partial charge in [0, 0.05) is 0 Å². The molecule has 0 fully saturated rings. The molecule has 5 nitrogen and oxygen atoms in total. The molecule has 1 aromatic heterocycles. The minimum absolute atomic E-state index is 0. The number of imidazole rings is 1. The fraction of sp³-hybridized carbons (Fsp3) is 0.273. The number of amides is 1. The molecule has 0 spiro atoms. The Bertz CT molecular complexity index is 481. The number of hydrogen-bond donors (Lipinski definition) is 3. The van der Waals surface area contributed by atoms with Crippen LogP contribution in [0.1, 0.15) is 18.8 Å². The van der Waals surface area contributed by atoms with Crippen molar-refractivity contribution in [1.29, 1.82) is 0 Å². The highest BCUT2D eigenvalue weighted by molar-refractivity contribution is 5.85. The van der Waals surface area contributed by atoms with Crippen molar-refractivity contribution in [2.24, 2.45) is 5.73 Å². The molecule has 18 heavy (non-hydrogen) atoms. The Morgan fingerprint density at radius 3 is 2.72 bits per heavy atom. The molecule has 1 aromatic carbocycles. The van der Waals surface area contributed by atoms with Gasteiger partial charge in [-0.25, -0.2) is 4.98 Å². The van der Waals surface area contributed by atoms with Gasteiger partial charge < -0.3 is 16.0 Å². The van der Waals surface area contributed by atoms with Crippen LogP contribution < -0.4 is 11.1 Å². The first-order valence-electron chi connectivity index (χ1n) is 5.15. The molecule has 0 saturated carbocycles. The monoisotopic (exact) mass is 290 g/mol. The number of rotatable bonds is 3. The van der Waals surface area contributed by atoms with Crippen LogP contribution in [-0.4, -0.2) is 22.4 Å². The summed E-state index contributed by atoms with van der Waals surface area (Å²) in [6, 6.07) is 7.57. The minimum atomic E-state index is -0.187. The van der Waals surface area contributed by atoms with Crippen molar-refractivity contribution in [2.45, 2.75) is 13.0 Å². The second-order valence-electron chi connectivity index (χ2n) is 3.63. The van der Waals surface area contributed by atoms with Crippen LogP contribution in [-0.2, 0) is 4.79 Å². The fourth-order valence-electron chi connectivity index (χ4n) is 1.55. The van der Waals surface area contributed by atoms with Gasteiger partial charge in [0.15, 0.2) is 0 Å². The van der Waals surface area contributed by atoms with Crippen LogP contribution >= 0.6 is 24.8 Å². The van der Waals surface area contributed by atoms with Crippen molar-refractivity contribution in [3.8, 4) is 0 Å². The number of nitrogens with zero attached hydrogens (tertiary/aromatic N) is 1. The highest BCUT2D eigenvalue weighted by Crippen LogP contribution is 2.15. The molecule has 4 N–H and O–H groups in total. The normalized spacial score (nSPS) is 11.2. The van der Waals surface area contributed by atoms with Gasteiger partial charge in [0.2, 0.25) is 5.91 Å². The third-order valence-corrected chi connectivity index (χ3v) is 2.38. The quantitative estimate of drug-likeness (QED) is 0.802. The minimum Gasteiger partial charge on any atom is -0.345 e. The molecule has 0 aliphatic heterocycles. The number of aromatic amines is 1. The van der Waals surface area contributed by atoms with Gasteiger partial charge in [-0.3, -0.25) is 4.79 Å². The Morgan fingerprint density at radius 1 is 1.44 bits per heavy atom. The summed E-state index contributed by atoms with van der Waals surface area (Å²) in [6.45, 7) is 1.86. The van der Waals surface area contributed by atoms with E-state index in [2.05, 4.69) is 15.3 Å². The van der Waals surface area contributed by atoms with E-state index in [0.717, 1.165) is 16.9 Å². The standard InChI is InChI=1S/C11H14N4O.2ClH/c1-7(13-10(16)6-12)11-14-8-4-2-3-5-9(8)15-11;;/h2-5,7H,6,12H2,1H3,(H,13,16)(H,14,15);2*1H. The molecule has 0 radical (unpaired) electrons. The van der Waals surface area contributed by atoms with Gasteiger partial charge in [-0.15, -0.1) is 24.8 Å². The molecule has 1 amide bonds. The largest absolute Gasteiger partial charge is 0.345 e. The van der Waals surface area contributed by atoms with E-state index in [0.29, 0.717) is 0 Å². The molecule has 0 saturated heterocycles. The van der Waals surface area contributed by atoms with Gasteiger partial charge in [0.25, 0.3) is 0 Å². The summed E-state index contributed by atoms with van der Waals surface area (Å²) in [4.78, 5) is 18.7. The van der Waals surface area contributed by atoms with Gasteiger partial charge in [0.05, 0.1) is 23.6 Å². The Labute approximate surface area is 117 Å². The summed E-state index contributed by atoms with van der Waals surface area (Å²) in [5, 5.41) is 2.75. The zero-order valence-corrected chi connectivity index (χ0v) is 11.5. The van der Waals surface area contributed by atoms with Gasteiger partial charge in [-0.2, -0.15) is 0 Å². The van der Waals surface area contributed by atoms with Crippen LogP contribution in [0.25, 0.3) is 11.0 Å². The number of carbonyl (C=O) groups is 1. The van der Waals surface area contributed by atoms with Gasteiger partial charge in [-0.05, 0) is 19.1 Å². The zero-order valence-electron chi connectivity index (χ0n) is 9.84. The highest BCUT2D eigenvalue weighted by atomic mass is 35.5. The molecule has 2 rings (SSSR count). The number of H-pyrrole nitrogens is 1. The second kappa shape index (κ2) is 7.20. The molecule has 0 aliphatic rings. The van der Waals surface area contributed by atoms with E-state index in [9.17, 15) is 4.79 Å². The molecule has 1 unspecified atom stereocenters. The molecule has 1 heterocycles. The Balaban J connectivity index is 0.00000144. The lowest BCUT2D eigenvalue weighted by atomic mass is 10.3. The summed E-state index contributed by atoms with van der Waals surface area (Å²) in [6.07, 6.45) is 0. The average molecular weight is 291 g/mol. The molecular formula is C11H16Cl2N4O. The molecule has 0 bridgehead atoms. The predicted octanol–water partition coefficient (Wildman–Crippen LogP) is 1.54. The number of fused-ring (bicyclic) bond motifs is 1. The third kappa shape index (κ3) is 3.60. The first-order chi connectivity index (χ1) is 7.70. The molecule has 0 aliphatic carbocycles. The number of halogens is 2. The Morgan fingerprint density at radius 2 is 2.11 bits per heavy atom. The van der Waals surface area contributed by atoms with Gasteiger partial charge in [-0.1, -0.05) is 12.1 Å². The van der Waals surface area contributed by atoms with E-state index in [1.807, 2.05) is 31.2 Å². The molecule has 2 aromatic rings. The van der Waals surface area contributed by atoms with Crippen molar-refractivity contribution >= 4 is 41.8 Å². The van der Waals surface area contributed by atoms with Crippen LogP contribution in [0, 0.1) is 0 Å². The molecule has 100 valence electrons. The summed E-state index contributed by atoms with van der Waals surface area (Å²) in [5.74, 6) is 0.552. The number of hydrogen-bond acceptors (Lipinski definition) is 3. The van der Waals surface area contributed by atoms with E-state index in [-0.39, 0.29) is 43.3 Å². The first kappa shape index (κ1) is 16.7. The van der Waals surface area contributed by atoms with E-state index in [1.165, 1.54) is 0 Å². The summed E-state index contributed by atoms with van der Waals surface area (Å²) < 4.78 is 0. The number of benzene rings is 1.